The molecule has 1 atom stereocenters. The van der Waals surface area contributed by atoms with Crippen LogP contribution in [0.1, 0.15) is 10.8 Å². The van der Waals surface area contributed by atoms with Crippen molar-refractivity contribution in [2.75, 3.05) is 12.4 Å². The molecule has 0 aliphatic carbocycles. The molecular formula is C19H16ClN3O2S. The van der Waals surface area contributed by atoms with E-state index in [9.17, 15) is 4.79 Å². The van der Waals surface area contributed by atoms with Gasteiger partial charge >= 0.3 is 0 Å². The average molecular weight is 386 g/mol. The summed E-state index contributed by atoms with van der Waals surface area (Å²) in [6.07, 6.45) is 3.30. The Morgan fingerprint density at radius 2 is 1.85 bits per heavy atom. The molecule has 5 nitrogen and oxygen atoms in total. The number of nitrogens with zero attached hydrogens (tertiary/aromatic N) is 2. The summed E-state index contributed by atoms with van der Waals surface area (Å²) in [5.41, 5.74) is 1.46. The van der Waals surface area contributed by atoms with Gasteiger partial charge in [-0.1, -0.05) is 53.7 Å². The molecule has 1 aromatic heterocycles. The number of carbonyl (C=O) groups excluding carboxylic acids is 1. The number of anilines is 1. The molecule has 0 saturated heterocycles. The van der Waals surface area contributed by atoms with Gasteiger partial charge in [0, 0.05) is 18.1 Å². The molecule has 132 valence electrons. The highest BCUT2D eigenvalue weighted by Crippen LogP contribution is 2.35. The summed E-state index contributed by atoms with van der Waals surface area (Å²) in [5.74, 6) is 0.367. The molecule has 1 heterocycles. The smallest absolute Gasteiger partial charge is 0.242 e. The number of ether oxygens (including phenoxy) is 1. The van der Waals surface area contributed by atoms with E-state index in [1.54, 1.807) is 43.8 Å². The summed E-state index contributed by atoms with van der Waals surface area (Å²) in [6.45, 7) is 0. The summed E-state index contributed by atoms with van der Waals surface area (Å²) < 4.78 is 5.14. The SMILES string of the molecule is COc1ccc(NC(=O)[C@@H](Sc2ncccn2)c2ccccc2)cc1Cl. The predicted octanol–water partition coefficient (Wildman–Crippen LogP) is 4.61. The lowest BCUT2D eigenvalue weighted by molar-refractivity contribution is -0.115. The predicted molar refractivity (Wildman–Crippen MR) is 104 cm³/mol. The fourth-order valence-electron chi connectivity index (χ4n) is 2.30. The van der Waals surface area contributed by atoms with Crippen LogP contribution >= 0.6 is 23.4 Å². The van der Waals surface area contributed by atoms with Crippen molar-refractivity contribution in [3.8, 4) is 5.75 Å². The Balaban J connectivity index is 1.84. The molecule has 3 aromatic rings. The number of nitrogens with one attached hydrogen (secondary N) is 1. The maximum atomic E-state index is 12.9. The fourth-order valence-corrected chi connectivity index (χ4v) is 3.48. The van der Waals surface area contributed by atoms with Gasteiger partial charge in [0.1, 0.15) is 11.0 Å². The first-order chi connectivity index (χ1) is 12.7. The van der Waals surface area contributed by atoms with Crippen LogP contribution in [0, 0.1) is 0 Å². The second-order valence-corrected chi connectivity index (χ2v) is 6.76. The zero-order chi connectivity index (χ0) is 18.4. The number of benzene rings is 2. The molecule has 0 spiro atoms. The van der Waals surface area contributed by atoms with Gasteiger partial charge in [-0.25, -0.2) is 9.97 Å². The lowest BCUT2D eigenvalue weighted by atomic mass is 10.1. The third-order valence-corrected chi connectivity index (χ3v) is 4.96. The van der Waals surface area contributed by atoms with E-state index in [1.807, 2.05) is 30.3 Å². The van der Waals surface area contributed by atoms with Crippen LogP contribution < -0.4 is 10.1 Å². The molecule has 2 aromatic carbocycles. The van der Waals surface area contributed by atoms with Crippen molar-refractivity contribution in [2.24, 2.45) is 0 Å². The minimum atomic E-state index is -0.500. The first-order valence-corrected chi connectivity index (χ1v) is 9.06. The van der Waals surface area contributed by atoms with Crippen LogP contribution in [-0.2, 0) is 4.79 Å². The molecular weight excluding hydrogens is 370 g/mol. The third kappa shape index (κ3) is 4.53. The molecule has 7 heteroatoms. The van der Waals surface area contributed by atoms with E-state index in [2.05, 4.69) is 15.3 Å². The Morgan fingerprint density at radius 3 is 2.50 bits per heavy atom. The van der Waals surface area contributed by atoms with E-state index < -0.39 is 5.25 Å². The molecule has 0 aliphatic rings. The highest BCUT2D eigenvalue weighted by Gasteiger charge is 2.23. The Morgan fingerprint density at radius 1 is 1.12 bits per heavy atom. The second-order valence-electron chi connectivity index (χ2n) is 5.28. The maximum Gasteiger partial charge on any atom is 0.242 e. The van der Waals surface area contributed by atoms with Crippen molar-refractivity contribution in [1.29, 1.82) is 0 Å². The van der Waals surface area contributed by atoms with E-state index in [-0.39, 0.29) is 5.91 Å². The Kier molecular flexibility index (Phi) is 6.09. The van der Waals surface area contributed by atoms with Crippen LogP contribution in [0.25, 0.3) is 0 Å². The van der Waals surface area contributed by atoms with Crippen LogP contribution in [0.4, 0.5) is 5.69 Å². The van der Waals surface area contributed by atoms with Crippen LogP contribution in [0.3, 0.4) is 0 Å². The van der Waals surface area contributed by atoms with Gasteiger partial charge in [0.2, 0.25) is 5.91 Å². The molecule has 0 unspecified atom stereocenters. The van der Waals surface area contributed by atoms with Gasteiger partial charge in [-0.05, 0) is 29.8 Å². The quantitative estimate of drug-likeness (QED) is 0.495. The number of hydrogen-bond donors (Lipinski definition) is 1. The van der Waals surface area contributed by atoms with Crippen molar-refractivity contribution in [2.45, 2.75) is 10.4 Å². The fraction of sp³-hybridized carbons (Fsp3) is 0.105. The van der Waals surface area contributed by atoms with Gasteiger partial charge in [-0.2, -0.15) is 0 Å². The minimum Gasteiger partial charge on any atom is -0.495 e. The molecule has 3 rings (SSSR count). The Bertz CT molecular complexity index is 878. The molecule has 0 bridgehead atoms. The van der Waals surface area contributed by atoms with E-state index >= 15 is 0 Å². The van der Waals surface area contributed by atoms with Gasteiger partial charge in [0.25, 0.3) is 0 Å². The molecule has 0 saturated carbocycles. The van der Waals surface area contributed by atoms with E-state index in [1.165, 1.54) is 11.8 Å². The standard InChI is InChI=1S/C19H16ClN3O2S/c1-25-16-9-8-14(12-15(16)20)23-18(24)17(13-6-3-2-4-7-13)26-19-21-10-5-11-22-19/h2-12,17H,1H3,(H,23,24)/t17-/m0/s1. The van der Waals surface area contributed by atoms with Crippen molar-refractivity contribution in [1.82, 2.24) is 9.97 Å². The lowest BCUT2D eigenvalue weighted by Crippen LogP contribution is -2.19. The number of amides is 1. The van der Waals surface area contributed by atoms with Gasteiger partial charge in [0.05, 0.1) is 12.1 Å². The highest BCUT2D eigenvalue weighted by atomic mass is 35.5. The summed E-state index contributed by atoms with van der Waals surface area (Å²) in [7, 11) is 1.54. The normalized spacial score (nSPS) is 11.6. The third-order valence-electron chi connectivity index (χ3n) is 3.53. The summed E-state index contributed by atoms with van der Waals surface area (Å²) in [4.78, 5) is 21.3. The van der Waals surface area contributed by atoms with Crippen molar-refractivity contribution >= 4 is 35.0 Å². The van der Waals surface area contributed by atoms with Crippen molar-refractivity contribution in [3.05, 3.63) is 77.6 Å². The van der Waals surface area contributed by atoms with Crippen LogP contribution in [-0.4, -0.2) is 23.0 Å². The summed E-state index contributed by atoms with van der Waals surface area (Å²) >= 11 is 7.43. The molecule has 1 amide bonds. The monoisotopic (exact) mass is 385 g/mol. The number of halogens is 1. The summed E-state index contributed by atoms with van der Waals surface area (Å²) in [6, 6.07) is 16.4. The lowest BCUT2D eigenvalue weighted by Gasteiger charge is -2.16. The first-order valence-electron chi connectivity index (χ1n) is 7.80. The molecule has 1 N–H and O–H groups in total. The highest BCUT2D eigenvalue weighted by molar-refractivity contribution is 8.00. The number of carbonyl (C=O) groups is 1. The zero-order valence-electron chi connectivity index (χ0n) is 13.9. The zero-order valence-corrected chi connectivity index (χ0v) is 15.5. The molecule has 26 heavy (non-hydrogen) atoms. The number of methoxy groups -OCH3 is 1. The van der Waals surface area contributed by atoms with E-state index in [4.69, 9.17) is 16.3 Å². The van der Waals surface area contributed by atoms with Gasteiger partial charge in [-0.3, -0.25) is 4.79 Å². The summed E-state index contributed by atoms with van der Waals surface area (Å²) in [5, 5.41) is 3.36. The van der Waals surface area contributed by atoms with Crippen LogP contribution in [0.5, 0.6) is 5.75 Å². The Hall–Kier alpha value is -2.57. The van der Waals surface area contributed by atoms with E-state index in [0.29, 0.717) is 21.6 Å². The molecule has 0 fully saturated rings. The van der Waals surface area contributed by atoms with Gasteiger partial charge in [0.15, 0.2) is 5.16 Å². The van der Waals surface area contributed by atoms with Gasteiger partial charge in [-0.15, -0.1) is 0 Å². The number of rotatable bonds is 6. The second kappa shape index (κ2) is 8.69. The van der Waals surface area contributed by atoms with E-state index in [0.717, 1.165) is 5.56 Å². The first kappa shape index (κ1) is 18.2. The van der Waals surface area contributed by atoms with Crippen molar-refractivity contribution < 1.29 is 9.53 Å². The van der Waals surface area contributed by atoms with Crippen LogP contribution in [0.2, 0.25) is 5.02 Å². The Labute approximate surface area is 160 Å². The largest absolute Gasteiger partial charge is 0.495 e. The van der Waals surface area contributed by atoms with Gasteiger partial charge < -0.3 is 10.1 Å². The number of hydrogen-bond acceptors (Lipinski definition) is 5. The molecule has 0 radical (unpaired) electrons. The maximum absolute atomic E-state index is 12.9. The molecule has 0 aliphatic heterocycles. The number of thioether (sulfide) groups is 1. The number of aromatic nitrogens is 2. The topological polar surface area (TPSA) is 64.1 Å². The van der Waals surface area contributed by atoms with Crippen molar-refractivity contribution in [3.63, 3.8) is 0 Å². The average Bonchev–Trinajstić information content (AvgIpc) is 2.68. The minimum absolute atomic E-state index is 0.185. The van der Waals surface area contributed by atoms with Crippen LogP contribution in [0.15, 0.2) is 72.1 Å².